The fraction of sp³-hybridized carbons (Fsp3) is 0.581. The van der Waals surface area contributed by atoms with Crippen LogP contribution in [0.4, 0.5) is 0 Å². The fourth-order valence-corrected chi connectivity index (χ4v) is 6.61. The molecule has 0 N–H and O–H groups in total. The molecule has 35 heavy (non-hydrogen) atoms. The van der Waals surface area contributed by atoms with Gasteiger partial charge >= 0.3 is 0 Å². The molecule has 1 aliphatic rings. The van der Waals surface area contributed by atoms with Crippen molar-refractivity contribution in [2.75, 3.05) is 13.1 Å². The molecule has 0 radical (unpaired) electrons. The third-order valence-electron chi connectivity index (χ3n) is 6.99. The summed E-state index contributed by atoms with van der Waals surface area (Å²) in [5, 5.41) is 0.988. The summed E-state index contributed by atoms with van der Waals surface area (Å²) in [5.74, 6) is 0.285. The second-order valence-electron chi connectivity index (χ2n) is 10.0. The number of benzene rings is 2. The third kappa shape index (κ3) is 10.0. The number of amides is 1. The van der Waals surface area contributed by atoms with E-state index in [1.807, 2.05) is 12.1 Å². The minimum Gasteiger partial charge on any atom is -0.334 e. The van der Waals surface area contributed by atoms with E-state index < -0.39 is 0 Å². The topological polar surface area (TPSA) is 23.6 Å². The Morgan fingerprint density at radius 1 is 0.829 bits per heavy atom. The number of hydrogen-bond donors (Lipinski definition) is 0. The lowest BCUT2D eigenvalue weighted by molar-refractivity contribution is -0.132. The number of thioether (sulfide) groups is 1. The SMILES string of the molecule is CCCCCCC[C@@H]1S[C@@H](CC(=O)N(Cc2ccccc2)Cc2ccccc2)CN1CCCCC. The summed E-state index contributed by atoms with van der Waals surface area (Å²) in [6.45, 7) is 8.15. The lowest BCUT2D eigenvalue weighted by Gasteiger charge is -2.24. The Hall–Kier alpha value is -1.78. The molecule has 0 aromatic heterocycles. The Kier molecular flexibility index (Phi) is 12.8. The molecule has 3 nitrogen and oxygen atoms in total. The quantitative estimate of drug-likeness (QED) is 0.222. The average molecular weight is 495 g/mol. The molecule has 192 valence electrons. The number of carbonyl (C=O) groups is 1. The van der Waals surface area contributed by atoms with E-state index in [9.17, 15) is 4.79 Å². The second kappa shape index (κ2) is 16.1. The van der Waals surface area contributed by atoms with Gasteiger partial charge in [-0.1, -0.05) is 119 Å². The molecule has 2 aromatic carbocycles. The van der Waals surface area contributed by atoms with Gasteiger partial charge < -0.3 is 4.90 Å². The van der Waals surface area contributed by atoms with Crippen molar-refractivity contribution < 1.29 is 4.79 Å². The molecule has 1 heterocycles. The van der Waals surface area contributed by atoms with Crippen LogP contribution in [0.5, 0.6) is 0 Å². The molecule has 1 saturated heterocycles. The van der Waals surface area contributed by atoms with E-state index in [4.69, 9.17) is 0 Å². The van der Waals surface area contributed by atoms with Gasteiger partial charge in [0, 0.05) is 31.3 Å². The maximum atomic E-state index is 13.6. The highest BCUT2D eigenvalue weighted by atomic mass is 32.2. The van der Waals surface area contributed by atoms with Crippen LogP contribution in [0.15, 0.2) is 60.7 Å². The maximum absolute atomic E-state index is 13.6. The van der Waals surface area contributed by atoms with Gasteiger partial charge in [-0.2, -0.15) is 0 Å². The van der Waals surface area contributed by atoms with Crippen LogP contribution in [0.3, 0.4) is 0 Å². The summed E-state index contributed by atoms with van der Waals surface area (Å²) >= 11 is 2.08. The van der Waals surface area contributed by atoms with Crippen molar-refractivity contribution in [3.8, 4) is 0 Å². The average Bonchev–Trinajstić information content (AvgIpc) is 3.26. The Bertz CT molecular complexity index is 787. The van der Waals surface area contributed by atoms with Gasteiger partial charge in [-0.25, -0.2) is 0 Å². The molecule has 1 fully saturated rings. The summed E-state index contributed by atoms with van der Waals surface area (Å²) in [6, 6.07) is 20.8. The lowest BCUT2D eigenvalue weighted by atomic mass is 10.1. The summed E-state index contributed by atoms with van der Waals surface area (Å²) in [5.41, 5.74) is 2.39. The predicted octanol–water partition coefficient (Wildman–Crippen LogP) is 7.90. The number of carbonyl (C=O) groups excluding carboxylic acids is 1. The highest BCUT2D eigenvalue weighted by Crippen LogP contribution is 2.36. The maximum Gasteiger partial charge on any atom is 0.224 e. The van der Waals surface area contributed by atoms with Crippen LogP contribution < -0.4 is 0 Å². The molecule has 0 saturated carbocycles. The molecule has 2 atom stereocenters. The van der Waals surface area contributed by atoms with E-state index in [-0.39, 0.29) is 5.91 Å². The highest BCUT2D eigenvalue weighted by molar-refractivity contribution is 8.00. The number of nitrogens with zero attached hydrogens (tertiary/aromatic N) is 2. The first-order valence-electron chi connectivity index (χ1n) is 13.9. The minimum atomic E-state index is 0.285. The molecular weight excluding hydrogens is 448 g/mol. The summed E-state index contributed by atoms with van der Waals surface area (Å²) < 4.78 is 0. The van der Waals surface area contributed by atoms with Gasteiger partial charge in [0.2, 0.25) is 5.91 Å². The van der Waals surface area contributed by atoms with Crippen LogP contribution in [-0.4, -0.2) is 39.4 Å². The van der Waals surface area contributed by atoms with E-state index in [1.54, 1.807) is 0 Å². The van der Waals surface area contributed by atoms with Crippen molar-refractivity contribution in [3.05, 3.63) is 71.8 Å². The Balaban J connectivity index is 1.60. The third-order valence-corrected chi connectivity index (χ3v) is 8.53. The molecule has 0 spiro atoms. The monoisotopic (exact) mass is 494 g/mol. The first-order valence-corrected chi connectivity index (χ1v) is 14.9. The minimum absolute atomic E-state index is 0.285. The molecule has 0 unspecified atom stereocenters. The zero-order chi connectivity index (χ0) is 24.7. The first kappa shape index (κ1) is 27.8. The van der Waals surface area contributed by atoms with E-state index >= 15 is 0 Å². The normalized spacial score (nSPS) is 18.1. The van der Waals surface area contributed by atoms with E-state index in [1.165, 1.54) is 75.5 Å². The molecule has 4 heteroatoms. The van der Waals surface area contributed by atoms with Crippen LogP contribution in [0.25, 0.3) is 0 Å². The smallest absolute Gasteiger partial charge is 0.224 e. The standard InChI is InChI=1S/C31H46N2OS/c1-3-5-7-8-15-21-31-32(22-16-6-4-2)26-29(35-31)23-30(34)33(24-27-17-11-9-12-18-27)25-28-19-13-10-14-20-28/h9-14,17-20,29,31H,3-8,15-16,21-26H2,1-2H3/t29-,31-/m0/s1. The Morgan fingerprint density at radius 3 is 2.00 bits per heavy atom. The van der Waals surface area contributed by atoms with Crippen molar-refractivity contribution in [1.82, 2.24) is 9.80 Å². The molecule has 0 aliphatic carbocycles. The van der Waals surface area contributed by atoms with Gasteiger partial charge in [0.1, 0.15) is 0 Å². The number of rotatable bonds is 16. The van der Waals surface area contributed by atoms with Gasteiger partial charge in [-0.3, -0.25) is 9.69 Å². The molecule has 2 aromatic rings. The van der Waals surface area contributed by atoms with E-state index in [2.05, 4.69) is 83.9 Å². The largest absolute Gasteiger partial charge is 0.334 e. The number of unbranched alkanes of at least 4 members (excludes halogenated alkanes) is 6. The fourth-order valence-electron chi connectivity index (χ4n) is 4.98. The van der Waals surface area contributed by atoms with Crippen molar-refractivity contribution in [2.45, 2.75) is 102 Å². The van der Waals surface area contributed by atoms with Crippen LogP contribution >= 0.6 is 11.8 Å². The van der Waals surface area contributed by atoms with E-state index in [0.717, 1.165) is 6.54 Å². The van der Waals surface area contributed by atoms with Gasteiger partial charge in [0.25, 0.3) is 0 Å². The highest BCUT2D eigenvalue weighted by Gasteiger charge is 2.34. The summed E-state index contributed by atoms with van der Waals surface area (Å²) in [7, 11) is 0. The second-order valence-corrected chi connectivity index (χ2v) is 11.5. The molecule has 1 amide bonds. The molecule has 1 aliphatic heterocycles. The van der Waals surface area contributed by atoms with Crippen LogP contribution in [-0.2, 0) is 17.9 Å². The van der Waals surface area contributed by atoms with Crippen LogP contribution in [0.2, 0.25) is 0 Å². The van der Waals surface area contributed by atoms with Gasteiger partial charge in [-0.15, -0.1) is 11.8 Å². The van der Waals surface area contributed by atoms with Crippen LogP contribution in [0, 0.1) is 0 Å². The van der Waals surface area contributed by atoms with Crippen molar-refractivity contribution in [2.24, 2.45) is 0 Å². The van der Waals surface area contributed by atoms with Crippen molar-refractivity contribution in [1.29, 1.82) is 0 Å². The van der Waals surface area contributed by atoms with Crippen molar-refractivity contribution in [3.63, 3.8) is 0 Å². The predicted molar refractivity (Wildman–Crippen MR) is 151 cm³/mol. The number of hydrogen-bond acceptors (Lipinski definition) is 3. The van der Waals surface area contributed by atoms with Crippen LogP contribution in [0.1, 0.15) is 89.2 Å². The molecule has 0 bridgehead atoms. The summed E-state index contributed by atoms with van der Waals surface area (Å²) in [6.07, 6.45) is 12.4. The zero-order valence-electron chi connectivity index (χ0n) is 22.0. The summed E-state index contributed by atoms with van der Waals surface area (Å²) in [4.78, 5) is 18.4. The zero-order valence-corrected chi connectivity index (χ0v) is 22.9. The van der Waals surface area contributed by atoms with Gasteiger partial charge in [0.15, 0.2) is 0 Å². The van der Waals surface area contributed by atoms with E-state index in [0.29, 0.717) is 30.1 Å². The Morgan fingerprint density at radius 2 is 1.40 bits per heavy atom. The van der Waals surface area contributed by atoms with Gasteiger partial charge in [0.05, 0.1) is 5.37 Å². The first-order chi connectivity index (χ1) is 17.2. The molecule has 3 rings (SSSR count). The van der Waals surface area contributed by atoms with Crippen molar-refractivity contribution >= 4 is 17.7 Å². The Labute approximate surface area is 218 Å². The lowest BCUT2D eigenvalue weighted by Crippen LogP contribution is -2.34. The van der Waals surface area contributed by atoms with Gasteiger partial charge in [-0.05, 0) is 30.5 Å². The molecular formula is C31H46N2OS.